The van der Waals surface area contributed by atoms with E-state index in [1.165, 1.54) is 11.0 Å². The molecule has 2 saturated heterocycles. The molecule has 4 atom stereocenters. The lowest BCUT2D eigenvalue weighted by molar-refractivity contribution is -0.157. The number of fused-ring (bicyclic) bond motifs is 4. The quantitative estimate of drug-likeness (QED) is 0.233. The lowest BCUT2D eigenvalue weighted by Gasteiger charge is -2.37. The van der Waals surface area contributed by atoms with Gasteiger partial charge in [0.2, 0.25) is 5.91 Å². The minimum absolute atomic E-state index is 0.0557. The normalized spacial score (nSPS) is 26.7. The maximum absolute atomic E-state index is 15.1. The predicted molar refractivity (Wildman–Crippen MR) is 170 cm³/mol. The van der Waals surface area contributed by atoms with Crippen molar-refractivity contribution in [3.8, 4) is 0 Å². The number of likely N-dealkylation sites (N-methyl/N-ethyl adjacent to an activating group) is 1. The van der Waals surface area contributed by atoms with Crippen LogP contribution in [0.3, 0.4) is 0 Å². The molecule has 2 amide bonds. The van der Waals surface area contributed by atoms with Gasteiger partial charge in [-0.15, -0.1) is 0 Å². The molecule has 2 aromatic rings. The molecule has 1 aliphatic carbocycles. The molecule has 6 rings (SSSR count). The minimum Gasteiger partial charge on any atom is -0.461 e. The summed E-state index contributed by atoms with van der Waals surface area (Å²) in [6.45, 7) is 4.62. The Balaban J connectivity index is 1.54. The first kappa shape index (κ1) is 30.7. The number of hydrogen-bond acceptors (Lipinski definition) is 5. The molecule has 4 aliphatic rings. The molecule has 11 heteroatoms. The van der Waals surface area contributed by atoms with Crippen LogP contribution in [0.2, 0.25) is 20.1 Å². The van der Waals surface area contributed by atoms with Crippen molar-refractivity contribution in [1.29, 1.82) is 0 Å². The Labute approximate surface area is 271 Å². The number of carbonyl (C=O) groups is 3. The largest absolute Gasteiger partial charge is 0.461 e. The van der Waals surface area contributed by atoms with Crippen molar-refractivity contribution in [2.45, 2.75) is 50.1 Å². The number of hydrogen-bond donors (Lipinski definition) is 0. The Morgan fingerprint density at radius 3 is 2.37 bits per heavy atom. The van der Waals surface area contributed by atoms with E-state index >= 15 is 4.79 Å². The Hall–Kier alpha value is -2.29. The molecule has 7 nitrogen and oxygen atoms in total. The van der Waals surface area contributed by atoms with Crippen LogP contribution in [0.1, 0.15) is 44.1 Å². The number of ether oxygens (including phenoxy) is 1. The Morgan fingerprint density at radius 2 is 1.70 bits per heavy atom. The molecule has 2 unspecified atom stereocenters. The first-order valence-electron chi connectivity index (χ1n) is 14.7. The molecule has 228 valence electrons. The van der Waals surface area contributed by atoms with Crippen LogP contribution in [0, 0.1) is 17.8 Å². The lowest BCUT2D eigenvalue weighted by Crippen LogP contribution is -2.55. The number of amides is 2. The summed E-state index contributed by atoms with van der Waals surface area (Å²) in [5, 5.41) is 1.46. The highest BCUT2D eigenvalue weighted by Gasteiger charge is 2.73. The van der Waals surface area contributed by atoms with Crippen LogP contribution in [-0.4, -0.2) is 55.5 Å². The summed E-state index contributed by atoms with van der Waals surface area (Å²) >= 11 is 26.1. The molecule has 3 fully saturated rings. The number of esters is 1. The fourth-order valence-electron chi connectivity index (χ4n) is 8.02. The molecule has 3 aliphatic heterocycles. The summed E-state index contributed by atoms with van der Waals surface area (Å²) in [5.41, 5.74) is 0.0669. The fourth-order valence-corrected chi connectivity index (χ4v) is 9.15. The topological polar surface area (TPSA) is 70.2 Å². The highest BCUT2D eigenvalue weighted by atomic mass is 35.5. The number of carbonyl (C=O) groups excluding carboxylic acids is 3. The molecule has 1 saturated carbocycles. The molecule has 43 heavy (non-hydrogen) atoms. The van der Waals surface area contributed by atoms with Crippen molar-refractivity contribution in [1.82, 2.24) is 4.90 Å². The molecule has 2 aromatic carbocycles. The van der Waals surface area contributed by atoms with Gasteiger partial charge in [0.25, 0.3) is 5.91 Å². The van der Waals surface area contributed by atoms with Crippen LogP contribution in [0.15, 0.2) is 43.0 Å². The van der Waals surface area contributed by atoms with Gasteiger partial charge in [0.05, 0.1) is 16.6 Å². The summed E-state index contributed by atoms with van der Waals surface area (Å²) in [5.74, 6) is -2.97. The number of nitrogens with zero attached hydrogens (tertiary/aromatic N) is 3. The van der Waals surface area contributed by atoms with Crippen LogP contribution in [0.4, 0.5) is 11.4 Å². The Kier molecular flexibility index (Phi) is 8.50. The number of benzene rings is 2. The number of rotatable bonds is 7. The molecule has 0 bridgehead atoms. The van der Waals surface area contributed by atoms with E-state index in [9.17, 15) is 9.59 Å². The van der Waals surface area contributed by atoms with Crippen LogP contribution in [-0.2, 0) is 24.7 Å². The van der Waals surface area contributed by atoms with Gasteiger partial charge in [-0.05, 0) is 68.5 Å². The van der Waals surface area contributed by atoms with Crippen molar-refractivity contribution < 1.29 is 19.1 Å². The first-order chi connectivity index (χ1) is 20.6. The van der Waals surface area contributed by atoms with Gasteiger partial charge in [-0.1, -0.05) is 71.9 Å². The van der Waals surface area contributed by atoms with Crippen LogP contribution in [0.5, 0.6) is 0 Å². The average molecular weight is 665 g/mol. The fraction of sp³-hybridized carbons (Fsp3) is 0.469. The van der Waals surface area contributed by atoms with E-state index in [1.54, 1.807) is 42.3 Å². The summed E-state index contributed by atoms with van der Waals surface area (Å²) in [7, 11) is 1.64. The molecular weight excluding hydrogens is 632 g/mol. The number of halogens is 4. The molecular formula is C32H33Cl4N3O4. The highest BCUT2D eigenvalue weighted by molar-refractivity contribution is 6.38. The van der Waals surface area contributed by atoms with E-state index in [4.69, 9.17) is 51.1 Å². The molecule has 0 aromatic heterocycles. The van der Waals surface area contributed by atoms with Gasteiger partial charge in [0.15, 0.2) is 0 Å². The van der Waals surface area contributed by atoms with E-state index in [0.717, 1.165) is 32.1 Å². The third-order valence-corrected chi connectivity index (χ3v) is 10.5. The molecule has 1 spiro atoms. The maximum atomic E-state index is 15.1. The second-order valence-corrected chi connectivity index (χ2v) is 13.7. The van der Waals surface area contributed by atoms with Crippen molar-refractivity contribution >= 4 is 75.6 Å². The number of anilines is 2. The SMILES string of the molecule is C=CCOC(=O)[C@@H]1[C@H](C(=O)N(CC2CCCC2)c2cc(Cl)cc(Cl)c2)C2CCCN2C12C(=O)N(C)c1c(Cl)cc(Cl)cc12. The van der Waals surface area contributed by atoms with Crippen molar-refractivity contribution in [2.24, 2.45) is 17.8 Å². The standard InChI is InChI=1S/C32H33Cl4N3O4/c1-3-11-43-30(41)27-26(29(40)38(17-18-7-4-5-8-18)22-13-19(33)12-20(34)14-22)25-9-6-10-39(25)32(27)23-15-21(35)16-24(36)28(23)37(2)31(32)42/h3,12-16,18,25-27H,1,4-11,17H2,2H3/t25?,26-,27+,32?/m1/s1. The van der Waals surface area contributed by atoms with Gasteiger partial charge in [0, 0.05) is 46.0 Å². The predicted octanol–water partition coefficient (Wildman–Crippen LogP) is 7.13. The zero-order valence-electron chi connectivity index (χ0n) is 23.8. The Bertz CT molecular complexity index is 1470. The third kappa shape index (κ3) is 4.96. The van der Waals surface area contributed by atoms with Crippen molar-refractivity contribution in [2.75, 3.05) is 36.5 Å². The monoisotopic (exact) mass is 663 g/mol. The van der Waals surface area contributed by atoms with Gasteiger partial charge in [-0.3, -0.25) is 19.3 Å². The molecule has 3 heterocycles. The van der Waals surface area contributed by atoms with E-state index < -0.39 is 29.4 Å². The highest BCUT2D eigenvalue weighted by Crippen LogP contribution is 2.61. The second kappa shape index (κ2) is 11.9. The second-order valence-electron chi connectivity index (χ2n) is 12.0. The van der Waals surface area contributed by atoms with E-state index in [0.29, 0.717) is 62.5 Å². The van der Waals surface area contributed by atoms with Crippen molar-refractivity contribution in [3.63, 3.8) is 0 Å². The summed E-state index contributed by atoms with van der Waals surface area (Å²) in [6.07, 6.45) is 7.07. The molecule has 0 radical (unpaired) electrons. The summed E-state index contributed by atoms with van der Waals surface area (Å²) < 4.78 is 5.69. The van der Waals surface area contributed by atoms with E-state index in [-0.39, 0.29) is 18.4 Å². The maximum Gasteiger partial charge on any atom is 0.312 e. The average Bonchev–Trinajstić information content (AvgIpc) is 3.73. The van der Waals surface area contributed by atoms with Gasteiger partial charge in [0.1, 0.15) is 18.1 Å². The van der Waals surface area contributed by atoms with Gasteiger partial charge >= 0.3 is 5.97 Å². The van der Waals surface area contributed by atoms with E-state index in [2.05, 4.69) is 6.58 Å². The van der Waals surface area contributed by atoms with Crippen LogP contribution >= 0.6 is 46.4 Å². The smallest absolute Gasteiger partial charge is 0.312 e. The first-order valence-corrected chi connectivity index (χ1v) is 16.2. The van der Waals surface area contributed by atoms with Crippen molar-refractivity contribution in [3.05, 3.63) is 68.6 Å². The summed E-state index contributed by atoms with van der Waals surface area (Å²) in [6, 6.07) is 7.97. The Morgan fingerprint density at radius 1 is 1.02 bits per heavy atom. The zero-order chi connectivity index (χ0) is 30.6. The zero-order valence-corrected chi connectivity index (χ0v) is 26.9. The van der Waals surface area contributed by atoms with E-state index in [1.807, 2.05) is 4.90 Å². The van der Waals surface area contributed by atoms with Crippen LogP contribution < -0.4 is 9.80 Å². The van der Waals surface area contributed by atoms with Gasteiger partial charge in [-0.2, -0.15) is 0 Å². The third-order valence-electron chi connectivity index (χ3n) is 9.60. The molecule has 0 N–H and O–H groups in total. The lowest BCUT2D eigenvalue weighted by atomic mass is 9.73. The van der Waals surface area contributed by atoms with Gasteiger partial charge < -0.3 is 14.5 Å². The summed E-state index contributed by atoms with van der Waals surface area (Å²) in [4.78, 5) is 49.1. The van der Waals surface area contributed by atoms with Gasteiger partial charge in [-0.25, -0.2) is 0 Å². The minimum atomic E-state index is -1.51. The van der Waals surface area contributed by atoms with Crippen LogP contribution in [0.25, 0.3) is 0 Å².